The van der Waals surface area contributed by atoms with Crippen LogP contribution in [0.2, 0.25) is 0 Å². The molecule has 4 nitrogen and oxygen atoms in total. The molecule has 5 heteroatoms. The third kappa shape index (κ3) is 2.98. The van der Waals surface area contributed by atoms with E-state index in [-0.39, 0.29) is 5.54 Å². The number of nitrogens with one attached hydrogen (secondary N) is 1. The number of hydrogen-bond acceptors (Lipinski definition) is 5. The van der Waals surface area contributed by atoms with Crippen LogP contribution in [0.4, 0.5) is 0 Å². The Morgan fingerprint density at radius 1 is 1.73 bits per heavy atom. The van der Waals surface area contributed by atoms with Gasteiger partial charge in [0, 0.05) is 30.8 Å². The summed E-state index contributed by atoms with van der Waals surface area (Å²) in [4.78, 5) is 4.38. The number of nitrogens with two attached hydrogens (primary N) is 1. The number of nitrogens with zero attached hydrogens (tertiary/aromatic N) is 1. The fraction of sp³-hybridized carbons (Fsp3) is 0.700. The highest BCUT2D eigenvalue weighted by Crippen LogP contribution is 2.14. The molecule has 1 aliphatic heterocycles. The highest BCUT2D eigenvalue weighted by Gasteiger charge is 2.29. The Balaban J connectivity index is 1.75. The number of rotatable bonds is 4. The monoisotopic (exact) mass is 227 g/mol. The molecule has 15 heavy (non-hydrogen) atoms. The number of ether oxygens (including phenoxy) is 1. The minimum Gasteiger partial charge on any atom is -0.379 e. The fourth-order valence-corrected chi connectivity index (χ4v) is 2.41. The van der Waals surface area contributed by atoms with Gasteiger partial charge >= 0.3 is 0 Å². The Kier molecular flexibility index (Phi) is 3.35. The van der Waals surface area contributed by atoms with Gasteiger partial charge in [-0.15, -0.1) is 11.3 Å². The summed E-state index contributed by atoms with van der Waals surface area (Å²) in [6, 6.07) is 0. The predicted molar refractivity (Wildman–Crippen MR) is 60.9 cm³/mol. The van der Waals surface area contributed by atoms with Crippen LogP contribution in [0.15, 0.2) is 5.38 Å². The van der Waals surface area contributed by atoms with Crippen LogP contribution in [-0.4, -0.2) is 30.3 Å². The Labute approximate surface area is 93.8 Å². The SMILES string of the molecule is Cc1csc(CNCC2(N)CCOC2)n1. The smallest absolute Gasteiger partial charge is 0.107 e. The van der Waals surface area contributed by atoms with Crippen molar-refractivity contribution >= 4 is 11.3 Å². The summed E-state index contributed by atoms with van der Waals surface area (Å²) in [5.74, 6) is 0. The van der Waals surface area contributed by atoms with E-state index in [4.69, 9.17) is 10.5 Å². The number of thiazole rings is 1. The van der Waals surface area contributed by atoms with E-state index in [1.54, 1.807) is 11.3 Å². The van der Waals surface area contributed by atoms with E-state index < -0.39 is 0 Å². The van der Waals surface area contributed by atoms with Crippen molar-refractivity contribution in [3.63, 3.8) is 0 Å². The summed E-state index contributed by atoms with van der Waals surface area (Å²) >= 11 is 1.69. The number of aryl methyl sites for hydroxylation is 1. The molecule has 1 fully saturated rings. The molecule has 1 unspecified atom stereocenters. The van der Waals surface area contributed by atoms with Crippen LogP contribution in [-0.2, 0) is 11.3 Å². The average Bonchev–Trinajstić information content (AvgIpc) is 2.76. The lowest BCUT2D eigenvalue weighted by molar-refractivity contribution is 0.177. The Hall–Kier alpha value is -0.490. The van der Waals surface area contributed by atoms with Crippen molar-refractivity contribution in [3.05, 3.63) is 16.1 Å². The molecule has 0 spiro atoms. The van der Waals surface area contributed by atoms with Crippen molar-refractivity contribution < 1.29 is 4.74 Å². The van der Waals surface area contributed by atoms with Crippen LogP contribution < -0.4 is 11.1 Å². The molecule has 2 rings (SSSR count). The van der Waals surface area contributed by atoms with Crippen LogP contribution in [0.1, 0.15) is 17.1 Å². The summed E-state index contributed by atoms with van der Waals surface area (Å²) < 4.78 is 5.29. The lowest BCUT2D eigenvalue weighted by atomic mass is 10.0. The zero-order chi connectivity index (χ0) is 10.7. The van der Waals surface area contributed by atoms with Gasteiger partial charge in [-0.2, -0.15) is 0 Å². The van der Waals surface area contributed by atoms with Crippen LogP contribution >= 0.6 is 11.3 Å². The fourth-order valence-electron chi connectivity index (χ4n) is 1.66. The van der Waals surface area contributed by atoms with Crippen molar-refractivity contribution in [1.82, 2.24) is 10.3 Å². The van der Waals surface area contributed by atoms with E-state index in [1.807, 2.05) is 6.92 Å². The maximum absolute atomic E-state index is 6.12. The summed E-state index contributed by atoms with van der Waals surface area (Å²) in [6.07, 6.45) is 0.941. The average molecular weight is 227 g/mol. The molecule has 3 N–H and O–H groups in total. The van der Waals surface area contributed by atoms with Gasteiger partial charge in [0.25, 0.3) is 0 Å². The minimum absolute atomic E-state index is 0.174. The third-order valence-electron chi connectivity index (χ3n) is 2.55. The topological polar surface area (TPSA) is 60.2 Å². The highest BCUT2D eigenvalue weighted by molar-refractivity contribution is 7.09. The first-order valence-corrected chi connectivity index (χ1v) is 6.04. The quantitative estimate of drug-likeness (QED) is 0.793. The minimum atomic E-state index is -0.174. The molecule has 0 aliphatic carbocycles. The van der Waals surface area contributed by atoms with Crippen LogP contribution in [0.25, 0.3) is 0 Å². The van der Waals surface area contributed by atoms with Gasteiger partial charge in [-0.05, 0) is 13.3 Å². The normalized spacial score (nSPS) is 26.0. The van der Waals surface area contributed by atoms with E-state index in [2.05, 4.69) is 15.7 Å². The Morgan fingerprint density at radius 3 is 3.20 bits per heavy atom. The molecule has 0 aromatic carbocycles. The van der Waals surface area contributed by atoms with E-state index in [0.717, 1.165) is 36.8 Å². The van der Waals surface area contributed by atoms with E-state index in [9.17, 15) is 0 Å². The molecule has 0 saturated carbocycles. The first-order valence-electron chi connectivity index (χ1n) is 5.16. The zero-order valence-electron chi connectivity index (χ0n) is 8.95. The first-order chi connectivity index (χ1) is 7.18. The van der Waals surface area contributed by atoms with Gasteiger partial charge in [0.05, 0.1) is 12.1 Å². The van der Waals surface area contributed by atoms with Crippen LogP contribution in [0, 0.1) is 6.92 Å². The molecule has 84 valence electrons. The second-order valence-corrected chi connectivity index (χ2v) is 5.09. The van der Waals surface area contributed by atoms with Gasteiger partial charge in [0.15, 0.2) is 0 Å². The van der Waals surface area contributed by atoms with Gasteiger partial charge in [0.2, 0.25) is 0 Å². The van der Waals surface area contributed by atoms with Crippen LogP contribution in [0.5, 0.6) is 0 Å². The van der Waals surface area contributed by atoms with E-state index >= 15 is 0 Å². The summed E-state index contributed by atoms with van der Waals surface area (Å²) in [7, 11) is 0. The largest absolute Gasteiger partial charge is 0.379 e. The molecule has 0 radical (unpaired) electrons. The molecular weight excluding hydrogens is 210 g/mol. The molecule has 1 saturated heterocycles. The molecule has 0 bridgehead atoms. The maximum atomic E-state index is 6.12. The second-order valence-electron chi connectivity index (χ2n) is 4.15. The van der Waals surface area contributed by atoms with Gasteiger partial charge in [-0.1, -0.05) is 0 Å². The molecule has 1 atom stereocenters. The Morgan fingerprint density at radius 2 is 2.60 bits per heavy atom. The summed E-state index contributed by atoms with van der Waals surface area (Å²) in [5, 5.41) is 6.52. The molecule has 2 heterocycles. The maximum Gasteiger partial charge on any atom is 0.107 e. The second kappa shape index (κ2) is 4.57. The van der Waals surface area contributed by atoms with Gasteiger partial charge in [-0.25, -0.2) is 4.98 Å². The van der Waals surface area contributed by atoms with E-state index in [0.29, 0.717) is 6.61 Å². The van der Waals surface area contributed by atoms with E-state index in [1.165, 1.54) is 0 Å². The molecule has 1 aromatic rings. The molecule has 0 amide bonds. The number of hydrogen-bond donors (Lipinski definition) is 2. The van der Waals surface area contributed by atoms with Crippen molar-refractivity contribution in [2.24, 2.45) is 5.73 Å². The first kappa shape index (κ1) is 11.0. The van der Waals surface area contributed by atoms with Crippen molar-refractivity contribution in [1.29, 1.82) is 0 Å². The van der Waals surface area contributed by atoms with Crippen LogP contribution in [0.3, 0.4) is 0 Å². The summed E-state index contributed by atoms with van der Waals surface area (Å²) in [6.45, 7) is 5.06. The molecular formula is C10H17N3OS. The third-order valence-corrected chi connectivity index (χ3v) is 3.52. The molecule has 1 aromatic heterocycles. The Bertz CT molecular complexity index is 320. The lowest BCUT2D eigenvalue weighted by Gasteiger charge is -2.21. The standard InChI is InChI=1S/C10H17N3OS/c1-8-5-15-9(13-8)4-12-6-10(11)2-3-14-7-10/h5,12H,2-4,6-7,11H2,1H3. The number of aromatic nitrogens is 1. The van der Waals surface area contributed by atoms with Gasteiger partial charge in [-0.3, -0.25) is 0 Å². The predicted octanol–water partition coefficient (Wildman–Crippen LogP) is 0.659. The molecule has 1 aliphatic rings. The van der Waals surface area contributed by atoms with Crippen molar-refractivity contribution in [2.45, 2.75) is 25.4 Å². The van der Waals surface area contributed by atoms with Crippen molar-refractivity contribution in [3.8, 4) is 0 Å². The highest BCUT2D eigenvalue weighted by atomic mass is 32.1. The van der Waals surface area contributed by atoms with Gasteiger partial charge < -0.3 is 15.8 Å². The lowest BCUT2D eigenvalue weighted by Crippen LogP contribution is -2.49. The zero-order valence-corrected chi connectivity index (χ0v) is 9.77. The van der Waals surface area contributed by atoms with Gasteiger partial charge in [0.1, 0.15) is 5.01 Å². The summed E-state index contributed by atoms with van der Waals surface area (Å²) in [5.41, 5.74) is 7.04. The van der Waals surface area contributed by atoms with Crippen molar-refractivity contribution in [2.75, 3.05) is 19.8 Å².